The van der Waals surface area contributed by atoms with Gasteiger partial charge >= 0.3 is 0 Å². The van der Waals surface area contributed by atoms with E-state index in [1.54, 1.807) is 10.7 Å². The van der Waals surface area contributed by atoms with Crippen LogP contribution in [0.25, 0.3) is 10.9 Å². The van der Waals surface area contributed by atoms with Crippen LogP contribution in [0, 0.1) is 17.2 Å². The number of amides is 2. The van der Waals surface area contributed by atoms with Crippen molar-refractivity contribution in [2.75, 3.05) is 13.2 Å². The van der Waals surface area contributed by atoms with Crippen molar-refractivity contribution in [3.63, 3.8) is 0 Å². The molecule has 1 heterocycles. The Morgan fingerprint density at radius 2 is 1.97 bits per heavy atom. The van der Waals surface area contributed by atoms with Crippen LogP contribution in [0.1, 0.15) is 63.4 Å². The third kappa shape index (κ3) is 5.61. The van der Waals surface area contributed by atoms with Gasteiger partial charge in [-0.1, -0.05) is 40.0 Å². The molecule has 1 unspecified atom stereocenters. The minimum absolute atomic E-state index is 0.111. The zero-order valence-electron chi connectivity index (χ0n) is 18.6. The minimum atomic E-state index is -0.814. The van der Waals surface area contributed by atoms with Gasteiger partial charge in [0.05, 0.1) is 12.1 Å². The van der Waals surface area contributed by atoms with Crippen LogP contribution >= 0.6 is 0 Å². The molecule has 2 amide bonds. The minimum Gasteiger partial charge on any atom is -0.395 e. The highest BCUT2D eigenvalue weighted by Crippen LogP contribution is 2.28. The van der Waals surface area contributed by atoms with E-state index < -0.39 is 17.4 Å². The summed E-state index contributed by atoms with van der Waals surface area (Å²) in [5.41, 5.74) is 0.227. The smallest absolute Gasteiger partial charge is 0.273 e. The van der Waals surface area contributed by atoms with Crippen molar-refractivity contribution in [2.24, 2.45) is 11.3 Å². The number of benzene rings is 1. The lowest BCUT2D eigenvalue weighted by molar-refractivity contribution is -0.125. The van der Waals surface area contributed by atoms with Gasteiger partial charge in [0.1, 0.15) is 11.9 Å². The van der Waals surface area contributed by atoms with E-state index in [-0.39, 0.29) is 30.6 Å². The van der Waals surface area contributed by atoms with Crippen LogP contribution in [-0.2, 0) is 11.3 Å². The van der Waals surface area contributed by atoms with Crippen molar-refractivity contribution >= 4 is 22.7 Å². The fourth-order valence-corrected chi connectivity index (χ4v) is 4.22. The number of rotatable bonds is 7. The molecule has 0 aliphatic heterocycles. The average Bonchev–Trinajstić information content (AvgIpc) is 3.07. The van der Waals surface area contributed by atoms with Crippen molar-refractivity contribution in [2.45, 2.75) is 65.5 Å². The lowest BCUT2D eigenvalue weighted by Crippen LogP contribution is -2.54. The first-order chi connectivity index (χ1) is 14.7. The summed E-state index contributed by atoms with van der Waals surface area (Å²) in [6, 6.07) is 3.49. The number of fused-ring (bicyclic) bond motifs is 1. The van der Waals surface area contributed by atoms with Crippen molar-refractivity contribution in [3.8, 4) is 0 Å². The molecule has 1 aromatic carbocycles. The maximum absolute atomic E-state index is 14.0. The Balaban J connectivity index is 1.89. The second kappa shape index (κ2) is 9.77. The molecule has 1 atom stereocenters. The highest BCUT2D eigenvalue weighted by atomic mass is 19.1. The number of halogens is 1. The van der Waals surface area contributed by atoms with Crippen molar-refractivity contribution in [1.82, 2.24) is 20.4 Å². The number of carbonyl (C=O) groups excluding carboxylic acids is 2. The van der Waals surface area contributed by atoms with Gasteiger partial charge in [0.15, 0.2) is 5.69 Å². The predicted molar refractivity (Wildman–Crippen MR) is 117 cm³/mol. The summed E-state index contributed by atoms with van der Waals surface area (Å²) < 4.78 is 15.7. The van der Waals surface area contributed by atoms with E-state index in [4.69, 9.17) is 5.11 Å². The van der Waals surface area contributed by atoms with Crippen LogP contribution in [0.5, 0.6) is 0 Å². The van der Waals surface area contributed by atoms with E-state index in [1.807, 2.05) is 20.8 Å². The summed E-state index contributed by atoms with van der Waals surface area (Å²) in [6.07, 6.45) is 5.82. The number of nitrogens with one attached hydrogen (secondary N) is 2. The molecular formula is C23H33FN4O3. The van der Waals surface area contributed by atoms with E-state index in [9.17, 15) is 14.0 Å². The molecule has 170 valence electrons. The number of nitrogens with zero attached hydrogens (tertiary/aromatic N) is 2. The molecule has 0 spiro atoms. The molecule has 0 bridgehead atoms. The molecule has 1 aliphatic rings. The fourth-order valence-electron chi connectivity index (χ4n) is 4.22. The van der Waals surface area contributed by atoms with Crippen LogP contribution < -0.4 is 10.6 Å². The van der Waals surface area contributed by atoms with Gasteiger partial charge in [0.25, 0.3) is 5.91 Å². The molecule has 1 saturated carbocycles. The number of hydrogen-bond acceptors (Lipinski definition) is 4. The number of carbonyl (C=O) groups is 2. The molecule has 1 aromatic heterocycles. The van der Waals surface area contributed by atoms with Crippen molar-refractivity contribution < 1.29 is 19.1 Å². The third-order valence-electron chi connectivity index (χ3n) is 5.90. The van der Waals surface area contributed by atoms with Gasteiger partial charge < -0.3 is 15.7 Å². The maximum atomic E-state index is 14.0. The Hall–Kier alpha value is -2.48. The number of hydrogen-bond donors (Lipinski definition) is 3. The summed E-state index contributed by atoms with van der Waals surface area (Å²) in [6.45, 7) is 6.13. The van der Waals surface area contributed by atoms with E-state index in [0.717, 1.165) is 12.8 Å². The number of aromatic nitrogens is 2. The van der Waals surface area contributed by atoms with E-state index in [1.165, 1.54) is 31.4 Å². The normalized spacial score (nSPS) is 16.3. The Kier molecular flexibility index (Phi) is 7.30. The second-order valence-corrected chi connectivity index (χ2v) is 9.48. The standard InChI is InChI=1S/C23H33FN4O3/c1-23(2,3)20(22(31)25-11-12-29)26-21(30)19-17-10-9-16(24)13-18(17)28(27-19)14-15-7-5-4-6-8-15/h9-10,13,15,20,29H,4-8,11-12,14H2,1-3H3,(H,25,31)(H,26,30). The molecule has 1 aliphatic carbocycles. The van der Waals surface area contributed by atoms with Crippen LogP contribution in [0.3, 0.4) is 0 Å². The van der Waals surface area contributed by atoms with Gasteiger partial charge in [-0.25, -0.2) is 4.39 Å². The first-order valence-electron chi connectivity index (χ1n) is 11.1. The highest BCUT2D eigenvalue weighted by molar-refractivity contribution is 6.06. The van der Waals surface area contributed by atoms with Crippen LogP contribution in [-0.4, -0.2) is 45.9 Å². The third-order valence-corrected chi connectivity index (χ3v) is 5.90. The lowest BCUT2D eigenvalue weighted by Gasteiger charge is -2.30. The Bertz CT molecular complexity index is 929. The summed E-state index contributed by atoms with van der Waals surface area (Å²) in [7, 11) is 0. The van der Waals surface area contributed by atoms with Crippen LogP contribution in [0.15, 0.2) is 18.2 Å². The van der Waals surface area contributed by atoms with Gasteiger partial charge in [-0.2, -0.15) is 5.10 Å². The summed E-state index contributed by atoms with van der Waals surface area (Å²) in [5, 5.41) is 19.5. The average molecular weight is 433 g/mol. The summed E-state index contributed by atoms with van der Waals surface area (Å²) >= 11 is 0. The zero-order valence-corrected chi connectivity index (χ0v) is 18.6. The molecule has 7 nitrogen and oxygen atoms in total. The molecule has 0 radical (unpaired) electrons. The van der Waals surface area contributed by atoms with Crippen LogP contribution in [0.2, 0.25) is 0 Å². The van der Waals surface area contributed by atoms with Crippen LogP contribution in [0.4, 0.5) is 4.39 Å². The lowest BCUT2D eigenvalue weighted by atomic mass is 9.86. The highest BCUT2D eigenvalue weighted by Gasteiger charge is 2.34. The molecule has 3 rings (SSSR count). The summed E-state index contributed by atoms with van der Waals surface area (Å²) in [4.78, 5) is 25.8. The fraction of sp³-hybridized carbons (Fsp3) is 0.609. The second-order valence-electron chi connectivity index (χ2n) is 9.48. The monoisotopic (exact) mass is 432 g/mol. The van der Waals surface area contributed by atoms with Crippen molar-refractivity contribution in [3.05, 3.63) is 29.7 Å². The van der Waals surface area contributed by atoms with Gasteiger partial charge in [-0.15, -0.1) is 0 Å². The zero-order chi connectivity index (χ0) is 22.6. The summed E-state index contributed by atoms with van der Waals surface area (Å²) in [5.74, 6) is -0.757. The van der Waals surface area contributed by atoms with Gasteiger partial charge in [-0.3, -0.25) is 14.3 Å². The van der Waals surface area contributed by atoms with E-state index >= 15 is 0 Å². The Morgan fingerprint density at radius 3 is 2.61 bits per heavy atom. The molecule has 8 heteroatoms. The molecule has 31 heavy (non-hydrogen) atoms. The van der Waals surface area contributed by atoms with Gasteiger partial charge in [0.2, 0.25) is 5.91 Å². The van der Waals surface area contributed by atoms with E-state index in [2.05, 4.69) is 15.7 Å². The Labute approximate surface area is 182 Å². The first-order valence-corrected chi connectivity index (χ1v) is 11.1. The SMILES string of the molecule is CC(C)(C)C(NC(=O)c1nn(CC2CCCCC2)c2cc(F)ccc12)C(=O)NCCO. The predicted octanol–water partition coefficient (Wildman–Crippen LogP) is 3.01. The molecule has 0 saturated heterocycles. The van der Waals surface area contributed by atoms with E-state index in [0.29, 0.717) is 23.4 Å². The maximum Gasteiger partial charge on any atom is 0.273 e. The van der Waals surface area contributed by atoms with Crippen molar-refractivity contribution in [1.29, 1.82) is 0 Å². The quantitative estimate of drug-likeness (QED) is 0.627. The van der Waals surface area contributed by atoms with Gasteiger partial charge in [-0.05, 0) is 42.4 Å². The number of aliphatic hydroxyl groups excluding tert-OH is 1. The topological polar surface area (TPSA) is 96.2 Å². The number of aliphatic hydroxyl groups is 1. The molecule has 1 fully saturated rings. The van der Waals surface area contributed by atoms with Gasteiger partial charge in [0, 0.05) is 18.5 Å². The first kappa shape index (κ1) is 23.2. The molecular weight excluding hydrogens is 399 g/mol. The Morgan fingerprint density at radius 1 is 1.26 bits per heavy atom. The molecule has 3 N–H and O–H groups in total. The molecule has 2 aromatic rings. The largest absolute Gasteiger partial charge is 0.395 e.